The number of para-hydroxylation sites is 1. The lowest BCUT2D eigenvalue weighted by Crippen LogP contribution is -2.47. The van der Waals surface area contributed by atoms with Gasteiger partial charge in [0.1, 0.15) is 0 Å². The lowest BCUT2D eigenvalue weighted by molar-refractivity contribution is 0.0970. The van der Waals surface area contributed by atoms with Gasteiger partial charge in [-0.3, -0.25) is 9.29 Å². The molecule has 0 amide bonds. The van der Waals surface area contributed by atoms with Gasteiger partial charge in [-0.15, -0.1) is 12.4 Å². The van der Waals surface area contributed by atoms with E-state index in [4.69, 9.17) is 0 Å². The lowest BCUT2D eigenvalue weighted by Gasteiger charge is -2.46. The van der Waals surface area contributed by atoms with Crippen molar-refractivity contribution in [3.63, 3.8) is 0 Å². The van der Waals surface area contributed by atoms with E-state index in [0.29, 0.717) is 23.2 Å². The number of piperazine rings is 1. The van der Waals surface area contributed by atoms with Gasteiger partial charge >= 0.3 is 0 Å². The molecule has 28 heavy (non-hydrogen) atoms. The zero-order valence-corrected chi connectivity index (χ0v) is 19.2. The summed E-state index contributed by atoms with van der Waals surface area (Å²) in [5.41, 5.74) is 3.84. The lowest BCUT2D eigenvalue weighted by atomic mass is 9.60. The first-order chi connectivity index (χ1) is 12.8. The maximum absolute atomic E-state index is 12.3. The molecular weight excluding hydrogens is 371 g/mol. The number of hydrogen-bond acceptors (Lipinski definition) is 2. The van der Waals surface area contributed by atoms with Crippen LogP contribution in [0, 0.1) is 10.8 Å². The molecule has 0 bridgehead atoms. The molecule has 1 saturated heterocycles. The van der Waals surface area contributed by atoms with Crippen LogP contribution in [0.2, 0.25) is 0 Å². The molecular formula is C24H40ClFN2. The van der Waals surface area contributed by atoms with Gasteiger partial charge in [-0.25, -0.2) is 0 Å². The molecule has 4 heteroatoms. The standard InChI is InChI=1S/C24H39FN2.ClH/c1-23(2)17-20(18-24(3,4)19-23)21-9-5-6-10-22(21)27-15-13-26(14-16-27)12-8-7-11-25;/h5-6,9-10,20H,7-8,11-19H2,1-4H3;1H. The van der Waals surface area contributed by atoms with Crippen LogP contribution in [0.5, 0.6) is 0 Å². The van der Waals surface area contributed by atoms with Crippen molar-refractivity contribution < 1.29 is 4.39 Å². The molecule has 0 N–H and O–H groups in total. The van der Waals surface area contributed by atoms with Crippen molar-refractivity contribution in [3.8, 4) is 0 Å². The second-order valence-corrected chi connectivity index (χ2v) is 10.4. The molecule has 3 rings (SSSR count). The second kappa shape index (κ2) is 9.80. The van der Waals surface area contributed by atoms with E-state index in [-0.39, 0.29) is 19.1 Å². The first-order valence-electron chi connectivity index (χ1n) is 10.9. The van der Waals surface area contributed by atoms with Gasteiger partial charge in [-0.05, 0) is 67.0 Å². The van der Waals surface area contributed by atoms with Crippen LogP contribution in [0.3, 0.4) is 0 Å². The summed E-state index contributed by atoms with van der Waals surface area (Å²) >= 11 is 0. The number of halogens is 2. The third-order valence-electron chi connectivity index (χ3n) is 6.50. The minimum Gasteiger partial charge on any atom is -0.369 e. The summed E-state index contributed by atoms with van der Waals surface area (Å²) < 4.78 is 12.3. The maximum atomic E-state index is 12.3. The Morgan fingerprint density at radius 3 is 2.14 bits per heavy atom. The summed E-state index contributed by atoms with van der Waals surface area (Å²) in [5.74, 6) is 0.655. The number of benzene rings is 1. The average molecular weight is 411 g/mol. The summed E-state index contributed by atoms with van der Waals surface area (Å²) in [7, 11) is 0. The van der Waals surface area contributed by atoms with E-state index < -0.39 is 0 Å². The van der Waals surface area contributed by atoms with Crippen LogP contribution in [0.4, 0.5) is 10.1 Å². The van der Waals surface area contributed by atoms with Gasteiger partial charge in [0.05, 0.1) is 6.67 Å². The van der Waals surface area contributed by atoms with E-state index >= 15 is 0 Å². The first-order valence-corrected chi connectivity index (χ1v) is 10.9. The molecule has 1 aliphatic carbocycles. The molecule has 2 fully saturated rings. The molecule has 0 radical (unpaired) electrons. The summed E-state index contributed by atoms with van der Waals surface area (Å²) in [6, 6.07) is 9.14. The van der Waals surface area contributed by atoms with Crippen molar-refractivity contribution in [1.29, 1.82) is 0 Å². The minimum absolute atomic E-state index is 0. The van der Waals surface area contributed by atoms with Crippen LogP contribution < -0.4 is 4.90 Å². The summed E-state index contributed by atoms with van der Waals surface area (Å²) in [4.78, 5) is 5.09. The van der Waals surface area contributed by atoms with Gasteiger partial charge in [0.2, 0.25) is 0 Å². The van der Waals surface area contributed by atoms with Gasteiger partial charge in [0.25, 0.3) is 0 Å². The number of alkyl halides is 1. The normalized spacial score (nSPS) is 22.7. The van der Waals surface area contributed by atoms with E-state index in [2.05, 4.69) is 61.8 Å². The number of anilines is 1. The van der Waals surface area contributed by atoms with E-state index in [1.165, 1.54) is 24.9 Å². The molecule has 0 unspecified atom stereocenters. The maximum Gasteiger partial charge on any atom is 0.0894 e. The van der Waals surface area contributed by atoms with Gasteiger partial charge < -0.3 is 4.90 Å². The van der Waals surface area contributed by atoms with Crippen LogP contribution in [-0.2, 0) is 0 Å². The van der Waals surface area contributed by atoms with E-state index in [1.54, 1.807) is 5.56 Å². The van der Waals surface area contributed by atoms with E-state index in [1.807, 2.05) is 0 Å². The van der Waals surface area contributed by atoms with E-state index in [9.17, 15) is 4.39 Å². The van der Waals surface area contributed by atoms with Crippen molar-refractivity contribution in [1.82, 2.24) is 4.90 Å². The van der Waals surface area contributed by atoms with Crippen LogP contribution in [-0.4, -0.2) is 44.3 Å². The Bertz CT molecular complexity index is 592. The first kappa shape index (κ1) is 23.5. The van der Waals surface area contributed by atoms with Gasteiger partial charge in [-0.1, -0.05) is 45.9 Å². The molecule has 0 spiro atoms. The van der Waals surface area contributed by atoms with Crippen molar-refractivity contribution in [2.75, 3.05) is 44.3 Å². The zero-order chi connectivity index (χ0) is 19.5. The second-order valence-electron chi connectivity index (χ2n) is 10.4. The largest absolute Gasteiger partial charge is 0.369 e. The minimum atomic E-state index is -0.179. The molecule has 160 valence electrons. The molecule has 2 nitrogen and oxygen atoms in total. The monoisotopic (exact) mass is 410 g/mol. The molecule has 1 saturated carbocycles. The Balaban J connectivity index is 0.00000280. The number of rotatable bonds is 6. The highest BCUT2D eigenvalue weighted by atomic mass is 35.5. The Morgan fingerprint density at radius 1 is 0.929 bits per heavy atom. The Hall–Kier alpha value is -0.800. The van der Waals surface area contributed by atoms with Crippen molar-refractivity contribution in [2.24, 2.45) is 10.8 Å². The molecule has 1 aliphatic heterocycles. The average Bonchev–Trinajstić information content (AvgIpc) is 2.60. The highest BCUT2D eigenvalue weighted by Gasteiger charge is 2.39. The van der Waals surface area contributed by atoms with Crippen molar-refractivity contribution in [2.45, 2.75) is 65.7 Å². The predicted molar refractivity (Wildman–Crippen MR) is 122 cm³/mol. The Kier molecular flexibility index (Phi) is 8.22. The third-order valence-corrected chi connectivity index (χ3v) is 6.50. The smallest absolute Gasteiger partial charge is 0.0894 e. The fourth-order valence-corrected chi connectivity index (χ4v) is 5.83. The van der Waals surface area contributed by atoms with Crippen molar-refractivity contribution in [3.05, 3.63) is 29.8 Å². The zero-order valence-electron chi connectivity index (χ0n) is 18.3. The number of nitrogens with zero attached hydrogens (tertiary/aromatic N) is 2. The van der Waals surface area contributed by atoms with Crippen LogP contribution in [0.15, 0.2) is 24.3 Å². The van der Waals surface area contributed by atoms with Gasteiger partial charge in [0, 0.05) is 31.9 Å². The molecule has 1 aromatic rings. The van der Waals surface area contributed by atoms with Crippen LogP contribution >= 0.6 is 12.4 Å². The summed E-state index contributed by atoms with van der Waals surface area (Å²) in [5, 5.41) is 0. The fourth-order valence-electron chi connectivity index (χ4n) is 5.83. The van der Waals surface area contributed by atoms with Crippen LogP contribution in [0.1, 0.15) is 71.3 Å². The highest BCUT2D eigenvalue weighted by molar-refractivity contribution is 5.85. The van der Waals surface area contributed by atoms with Gasteiger partial charge in [0.15, 0.2) is 0 Å². The molecule has 1 aromatic carbocycles. The van der Waals surface area contributed by atoms with Crippen LogP contribution in [0.25, 0.3) is 0 Å². The molecule has 0 aromatic heterocycles. The number of hydrogen-bond donors (Lipinski definition) is 0. The topological polar surface area (TPSA) is 6.48 Å². The SMILES string of the molecule is CC1(C)CC(c2ccccc2N2CCN(CCCCF)CC2)CC(C)(C)C1.Cl. The highest BCUT2D eigenvalue weighted by Crippen LogP contribution is 2.53. The predicted octanol–water partition coefficient (Wildman–Crippen LogP) is 6.30. The third kappa shape index (κ3) is 6.10. The van der Waals surface area contributed by atoms with Gasteiger partial charge in [-0.2, -0.15) is 0 Å². The Labute approximate surface area is 178 Å². The quantitative estimate of drug-likeness (QED) is 0.507. The summed E-state index contributed by atoms with van der Waals surface area (Å²) in [6.45, 7) is 15.0. The Morgan fingerprint density at radius 2 is 1.54 bits per heavy atom. The molecule has 0 atom stereocenters. The van der Waals surface area contributed by atoms with E-state index in [0.717, 1.165) is 39.1 Å². The molecule has 1 heterocycles. The number of unbranched alkanes of at least 4 members (excludes halogenated alkanes) is 1. The van der Waals surface area contributed by atoms with Crippen molar-refractivity contribution >= 4 is 18.1 Å². The fraction of sp³-hybridized carbons (Fsp3) is 0.750. The summed E-state index contributed by atoms with van der Waals surface area (Å²) in [6.07, 6.45) is 5.58. The molecule has 2 aliphatic rings.